The molecule has 0 aliphatic carbocycles. The molecule has 0 radical (unpaired) electrons. The Hall–Kier alpha value is -2.19. The third-order valence-corrected chi connectivity index (χ3v) is 8.95. The van der Waals surface area contributed by atoms with Crippen LogP contribution >= 0.6 is 0 Å². The van der Waals surface area contributed by atoms with Gasteiger partial charge in [0.05, 0.1) is 15.7 Å². The Labute approximate surface area is 147 Å². The van der Waals surface area contributed by atoms with Crippen LogP contribution in [0.2, 0.25) is 0 Å². The van der Waals surface area contributed by atoms with Gasteiger partial charge in [0.2, 0.25) is 0 Å². The van der Waals surface area contributed by atoms with E-state index in [1.54, 1.807) is 12.1 Å². The summed E-state index contributed by atoms with van der Waals surface area (Å²) < 4.78 is 49.9. The summed E-state index contributed by atoms with van der Waals surface area (Å²) in [6.45, 7) is 1.29. The standard InChI is InChI=1S/C17H18O6S2/c1-13(17(18)19)12-16(24(20,21)14-8-4-2-5-9-14)25(22,23)15-10-6-3-7-11-15/h2-11,13,16H,12H2,1H3,(H,18,19). The summed E-state index contributed by atoms with van der Waals surface area (Å²) in [5.74, 6) is -2.39. The molecule has 0 aliphatic rings. The molecule has 0 spiro atoms. The SMILES string of the molecule is CC(CC(S(=O)(=O)c1ccccc1)S(=O)(=O)c1ccccc1)C(=O)O. The van der Waals surface area contributed by atoms with Crippen LogP contribution in [0.25, 0.3) is 0 Å². The normalized spacial score (nSPS) is 13.5. The second-order valence-corrected chi connectivity index (χ2v) is 10.2. The minimum Gasteiger partial charge on any atom is -0.481 e. The van der Waals surface area contributed by atoms with Crippen LogP contribution in [0.15, 0.2) is 70.5 Å². The summed E-state index contributed by atoms with van der Waals surface area (Å²) in [7, 11) is -8.57. The van der Waals surface area contributed by atoms with Crippen LogP contribution in [-0.4, -0.2) is 32.5 Å². The maximum absolute atomic E-state index is 12.9. The van der Waals surface area contributed by atoms with Crippen LogP contribution in [0.3, 0.4) is 0 Å². The first kappa shape index (κ1) is 19.1. The van der Waals surface area contributed by atoms with Crippen LogP contribution in [0.5, 0.6) is 0 Å². The van der Waals surface area contributed by atoms with E-state index in [4.69, 9.17) is 5.11 Å². The smallest absolute Gasteiger partial charge is 0.306 e. The summed E-state index contributed by atoms with van der Waals surface area (Å²) in [5, 5.41) is 9.11. The lowest BCUT2D eigenvalue weighted by atomic mass is 10.1. The maximum Gasteiger partial charge on any atom is 0.306 e. The number of hydrogen-bond acceptors (Lipinski definition) is 5. The average molecular weight is 382 g/mol. The third-order valence-electron chi connectivity index (χ3n) is 3.80. The van der Waals surface area contributed by atoms with Crippen LogP contribution in [0.1, 0.15) is 13.3 Å². The van der Waals surface area contributed by atoms with Crippen molar-refractivity contribution in [3.05, 3.63) is 60.7 Å². The highest BCUT2D eigenvalue weighted by Crippen LogP contribution is 2.30. The predicted octanol–water partition coefficient (Wildman–Crippen LogP) is 2.37. The van der Waals surface area contributed by atoms with E-state index >= 15 is 0 Å². The molecule has 0 saturated heterocycles. The van der Waals surface area contributed by atoms with Crippen molar-refractivity contribution in [3.8, 4) is 0 Å². The second kappa shape index (κ2) is 7.37. The molecule has 0 bridgehead atoms. The zero-order chi connectivity index (χ0) is 18.7. The van der Waals surface area contributed by atoms with Gasteiger partial charge in [-0.15, -0.1) is 0 Å². The molecule has 1 atom stereocenters. The van der Waals surface area contributed by atoms with Crippen molar-refractivity contribution in [2.75, 3.05) is 0 Å². The number of carbonyl (C=O) groups is 1. The van der Waals surface area contributed by atoms with Gasteiger partial charge in [-0.2, -0.15) is 0 Å². The van der Waals surface area contributed by atoms with Gasteiger partial charge in [-0.25, -0.2) is 16.8 Å². The molecule has 0 saturated carbocycles. The van der Waals surface area contributed by atoms with Crippen molar-refractivity contribution in [1.29, 1.82) is 0 Å². The molecule has 0 aliphatic heterocycles. The molecular formula is C17H18O6S2. The number of carboxylic acids is 1. The largest absolute Gasteiger partial charge is 0.481 e. The number of rotatable bonds is 7. The van der Waals surface area contributed by atoms with E-state index in [-0.39, 0.29) is 9.79 Å². The van der Waals surface area contributed by atoms with Crippen molar-refractivity contribution in [3.63, 3.8) is 0 Å². The number of aliphatic carboxylic acids is 1. The Morgan fingerprint density at radius 2 is 1.20 bits per heavy atom. The fraction of sp³-hybridized carbons (Fsp3) is 0.235. The van der Waals surface area contributed by atoms with E-state index in [1.165, 1.54) is 55.5 Å². The van der Waals surface area contributed by atoms with E-state index < -0.39 is 42.6 Å². The van der Waals surface area contributed by atoms with Crippen molar-refractivity contribution >= 4 is 25.6 Å². The Morgan fingerprint density at radius 1 is 0.840 bits per heavy atom. The number of sulfone groups is 2. The molecule has 1 unspecified atom stereocenters. The van der Waals surface area contributed by atoms with Crippen molar-refractivity contribution in [2.24, 2.45) is 5.92 Å². The molecule has 2 aromatic rings. The molecule has 134 valence electrons. The van der Waals surface area contributed by atoms with Gasteiger partial charge >= 0.3 is 5.97 Å². The summed E-state index contributed by atoms with van der Waals surface area (Å²) in [6.07, 6.45) is -0.538. The maximum atomic E-state index is 12.9. The van der Waals surface area contributed by atoms with E-state index in [1.807, 2.05) is 0 Å². The minimum atomic E-state index is -4.29. The highest BCUT2D eigenvalue weighted by atomic mass is 32.3. The minimum absolute atomic E-state index is 0.155. The number of hydrogen-bond donors (Lipinski definition) is 1. The van der Waals surface area contributed by atoms with Crippen LogP contribution < -0.4 is 0 Å². The predicted molar refractivity (Wildman–Crippen MR) is 92.5 cm³/mol. The molecule has 6 nitrogen and oxygen atoms in total. The highest BCUT2D eigenvalue weighted by Gasteiger charge is 2.41. The van der Waals surface area contributed by atoms with Gasteiger partial charge in [0, 0.05) is 0 Å². The first-order valence-electron chi connectivity index (χ1n) is 7.48. The van der Waals surface area contributed by atoms with Crippen LogP contribution in [0, 0.1) is 5.92 Å². The van der Waals surface area contributed by atoms with Crippen molar-refractivity contribution in [1.82, 2.24) is 0 Å². The molecular weight excluding hydrogens is 364 g/mol. The fourth-order valence-corrected chi connectivity index (χ4v) is 7.10. The second-order valence-electron chi connectivity index (χ2n) is 5.62. The van der Waals surface area contributed by atoms with Gasteiger partial charge in [0.15, 0.2) is 24.3 Å². The van der Waals surface area contributed by atoms with Crippen LogP contribution in [0.4, 0.5) is 0 Å². The Morgan fingerprint density at radius 3 is 1.52 bits per heavy atom. The molecule has 0 heterocycles. The monoisotopic (exact) mass is 382 g/mol. The van der Waals surface area contributed by atoms with Gasteiger partial charge in [-0.1, -0.05) is 43.3 Å². The molecule has 0 aromatic heterocycles. The van der Waals surface area contributed by atoms with E-state index in [0.29, 0.717) is 0 Å². The molecule has 0 fully saturated rings. The van der Waals surface area contributed by atoms with E-state index in [9.17, 15) is 21.6 Å². The quantitative estimate of drug-likeness (QED) is 0.788. The van der Waals surface area contributed by atoms with Gasteiger partial charge in [0.1, 0.15) is 0 Å². The average Bonchev–Trinajstić information content (AvgIpc) is 2.60. The first-order valence-corrected chi connectivity index (χ1v) is 10.6. The zero-order valence-corrected chi connectivity index (χ0v) is 15.1. The van der Waals surface area contributed by atoms with E-state index in [2.05, 4.69) is 0 Å². The molecule has 2 rings (SSSR count). The summed E-state index contributed by atoms with van der Waals surface area (Å²) in [6, 6.07) is 14.4. The summed E-state index contributed by atoms with van der Waals surface area (Å²) in [4.78, 5) is 10.9. The number of carboxylic acid groups (broad SMARTS) is 1. The summed E-state index contributed by atoms with van der Waals surface area (Å²) >= 11 is 0. The van der Waals surface area contributed by atoms with Gasteiger partial charge < -0.3 is 5.11 Å². The van der Waals surface area contributed by atoms with Crippen molar-refractivity contribution in [2.45, 2.75) is 27.7 Å². The first-order chi connectivity index (χ1) is 11.7. The third kappa shape index (κ3) is 4.08. The molecule has 1 N–H and O–H groups in total. The number of benzene rings is 2. The van der Waals surface area contributed by atoms with Crippen molar-refractivity contribution < 1.29 is 26.7 Å². The lowest BCUT2D eigenvalue weighted by Crippen LogP contribution is -2.34. The zero-order valence-electron chi connectivity index (χ0n) is 13.4. The van der Waals surface area contributed by atoms with Gasteiger partial charge in [-0.3, -0.25) is 4.79 Å². The lowest BCUT2D eigenvalue weighted by molar-refractivity contribution is -0.141. The van der Waals surface area contributed by atoms with Gasteiger partial charge in [-0.05, 0) is 30.7 Å². The fourth-order valence-electron chi connectivity index (χ4n) is 2.33. The molecule has 0 amide bonds. The topological polar surface area (TPSA) is 106 Å². The summed E-state index contributed by atoms with van der Waals surface area (Å²) in [5.41, 5.74) is 0. The lowest BCUT2D eigenvalue weighted by Gasteiger charge is -2.20. The molecule has 8 heteroatoms. The Kier molecular flexibility index (Phi) is 5.64. The Bertz CT molecular complexity index is 866. The van der Waals surface area contributed by atoms with Crippen LogP contribution in [-0.2, 0) is 24.5 Å². The van der Waals surface area contributed by atoms with Gasteiger partial charge in [0.25, 0.3) is 0 Å². The highest BCUT2D eigenvalue weighted by molar-refractivity contribution is 8.09. The molecule has 25 heavy (non-hydrogen) atoms. The Balaban J connectivity index is 2.60. The molecule has 2 aromatic carbocycles. The van der Waals surface area contributed by atoms with E-state index in [0.717, 1.165) is 0 Å².